The summed E-state index contributed by atoms with van der Waals surface area (Å²) in [6, 6.07) is 11.2. The van der Waals surface area contributed by atoms with Crippen molar-refractivity contribution in [1.82, 2.24) is 0 Å². The van der Waals surface area contributed by atoms with E-state index >= 15 is 0 Å². The molecule has 1 fully saturated rings. The molecule has 2 atom stereocenters. The number of aryl methyl sites for hydroxylation is 2. The van der Waals surface area contributed by atoms with Crippen molar-refractivity contribution in [1.29, 1.82) is 0 Å². The Morgan fingerprint density at radius 1 is 0.824 bits per heavy atom. The molecule has 3 rings (SSSR count). The molecule has 0 aliphatic heterocycles. The molecule has 1 aliphatic rings. The van der Waals surface area contributed by atoms with Crippen molar-refractivity contribution >= 4 is 24.4 Å². The number of aromatic hydroxyl groups is 2. The van der Waals surface area contributed by atoms with Gasteiger partial charge in [-0.2, -0.15) is 0 Å². The van der Waals surface area contributed by atoms with Crippen LogP contribution in [0.5, 0.6) is 11.5 Å². The van der Waals surface area contributed by atoms with Crippen LogP contribution in [0.1, 0.15) is 55.4 Å². The third-order valence-electron chi connectivity index (χ3n) is 4.62. The molecule has 2 unspecified atom stereocenters. The van der Waals surface area contributed by atoms with E-state index in [0.717, 1.165) is 55.4 Å². The van der Waals surface area contributed by atoms with Crippen LogP contribution < -0.4 is 10.2 Å². The van der Waals surface area contributed by atoms with Crippen LogP contribution in [-0.4, -0.2) is 46.7 Å². The zero-order chi connectivity index (χ0) is 25.0. The van der Waals surface area contributed by atoms with Gasteiger partial charge in [-0.3, -0.25) is 9.98 Å². The number of nitrogens with zero attached hydrogens (tertiary/aromatic N) is 2. The molecule has 0 bridgehead atoms. The summed E-state index contributed by atoms with van der Waals surface area (Å²) in [6.07, 6.45) is 6.58. The fraction of sp³-hybridized carbons (Fsp3) is 0.360. The molecule has 2 aromatic rings. The molecule has 1 aliphatic carbocycles. The number of carboxylic acid groups (broad SMARTS) is 2. The van der Waals surface area contributed by atoms with Crippen LogP contribution in [0.4, 0.5) is 0 Å². The topological polar surface area (TPSA) is 145 Å². The van der Waals surface area contributed by atoms with Gasteiger partial charge in [0.15, 0.2) is 0 Å². The van der Waals surface area contributed by atoms with Crippen LogP contribution in [-0.2, 0) is 26.4 Å². The van der Waals surface area contributed by atoms with Crippen molar-refractivity contribution in [2.45, 2.75) is 59.0 Å². The van der Waals surface area contributed by atoms with Gasteiger partial charge in [-0.15, -0.1) is 0 Å². The van der Waals surface area contributed by atoms with E-state index in [2.05, 4.69) is 9.98 Å². The van der Waals surface area contributed by atoms with Crippen LogP contribution in [0.2, 0.25) is 0 Å². The SMILES string of the molecule is CC(=O)[O-].CC(=O)[O-].Cc1ccc(O)c(C=NC2CCCC2N=Cc2cc(C)ccc2O)c1.[Co+2]. The maximum Gasteiger partial charge on any atom is 2.00 e. The van der Waals surface area contributed by atoms with Gasteiger partial charge < -0.3 is 30.0 Å². The molecule has 8 nitrogen and oxygen atoms in total. The van der Waals surface area contributed by atoms with E-state index in [4.69, 9.17) is 19.8 Å². The summed E-state index contributed by atoms with van der Waals surface area (Å²) < 4.78 is 0. The van der Waals surface area contributed by atoms with Gasteiger partial charge in [-0.1, -0.05) is 23.3 Å². The Hall–Kier alpha value is -3.17. The summed E-state index contributed by atoms with van der Waals surface area (Å²) in [4.78, 5) is 27.1. The average Bonchev–Trinajstić information content (AvgIpc) is 3.16. The molecule has 1 radical (unpaired) electrons. The number of phenols is 2. The minimum atomic E-state index is -1.08. The van der Waals surface area contributed by atoms with Crippen molar-refractivity contribution in [2.24, 2.45) is 9.98 Å². The first-order valence-electron chi connectivity index (χ1n) is 10.5. The molecule has 9 heteroatoms. The van der Waals surface area contributed by atoms with Crippen molar-refractivity contribution in [3.63, 3.8) is 0 Å². The van der Waals surface area contributed by atoms with Crippen LogP contribution in [0.3, 0.4) is 0 Å². The maximum absolute atomic E-state index is 9.93. The van der Waals surface area contributed by atoms with E-state index in [1.807, 2.05) is 38.1 Å². The number of carboxylic acids is 2. The van der Waals surface area contributed by atoms with Gasteiger partial charge in [0.2, 0.25) is 0 Å². The Balaban J connectivity index is 0.00000106. The number of rotatable bonds is 4. The predicted molar refractivity (Wildman–Crippen MR) is 124 cm³/mol. The van der Waals surface area contributed by atoms with Gasteiger partial charge >= 0.3 is 16.8 Å². The summed E-state index contributed by atoms with van der Waals surface area (Å²) in [5, 5.41) is 37.6. The number of carbonyl (C=O) groups excluding carboxylic acids is 2. The Morgan fingerprint density at radius 2 is 1.15 bits per heavy atom. The van der Waals surface area contributed by atoms with Gasteiger partial charge in [0, 0.05) is 35.5 Å². The zero-order valence-electron chi connectivity index (χ0n) is 19.7. The smallest absolute Gasteiger partial charge is 0.550 e. The zero-order valence-corrected chi connectivity index (χ0v) is 20.7. The van der Waals surface area contributed by atoms with Crippen LogP contribution in [0, 0.1) is 13.8 Å². The maximum atomic E-state index is 9.93. The molecule has 185 valence electrons. The molecule has 0 aromatic heterocycles. The van der Waals surface area contributed by atoms with Crippen LogP contribution >= 0.6 is 0 Å². The third-order valence-corrected chi connectivity index (χ3v) is 4.62. The van der Waals surface area contributed by atoms with Gasteiger partial charge in [-0.25, -0.2) is 0 Å². The Kier molecular flexibility index (Phi) is 14.2. The van der Waals surface area contributed by atoms with Crippen molar-refractivity contribution in [3.05, 3.63) is 58.7 Å². The minimum Gasteiger partial charge on any atom is -0.550 e. The fourth-order valence-electron chi connectivity index (χ4n) is 3.18. The molecule has 34 heavy (non-hydrogen) atoms. The number of carbonyl (C=O) groups is 2. The predicted octanol–water partition coefficient (Wildman–Crippen LogP) is 1.68. The molecule has 2 N–H and O–H groups in total. The fourth-order valence-corrected chi connectivity index (χ4v) is 3.18. The van der Waals surface area contributed by atoms with Gasteiger partial charge in [0.1, 0.15) is 11.5 Å². The van der Waals surface area contributed by atoms with Crippen molar-refractivity contribution in [2.75, 3.05) is 0 Å². The van der Waals surface area contributed by atoms with E-state index in [9.17, 15) is 10.2 Å². The monoisotopic (exact) mass is 513 g/mol. The minimum absolute atomic E-state index is 0. The van der Waals surface area contributed by atoms with E-state index in [-0.39, 0.29) is 40.4 Å². The van der Waals surface area contributed by atoms with Crippen molar-refractivity contribution < 1.29 is 46.8 Å². The second kappa shape index (κ2) is 15.6. The van der Waals surface area contributed by atoms with Crippen molar-refractivity contribution in [3.8, 4) is 11.5 Å². The van der Waals surface area contributed by atoms with Gasteiger partial charge in [0.05, 0.1) is 12.1 Å². The summed E-state index contributed by atoms with van der Waals surface area (Å²) in [5.41, 5.74) is 3.67. The van der Waals surface area contributed by atoms with E-state index in [1.165, 1.54) is 0 Å². The molecular formula is C25H30CoN2O6. The summed E-state index contributed by atoms with van der Waals surface area (Å²) >= 11 is 0. The summed E-state index contributed by atoms with van der Waals surface area (Å²) in [5.74, 6) is -1.67. The van der Waals surface area contributed by atoms with E-state index in [0.29, 0.717) is 0 Å². The number of benzene rings is 2. The number of aliphatic carboxylic acids is 2. The molecule has 0 spiro atoms. The molecule has 0 saturated heterocycles. The van der Waals surface area contributed by atoms with E-state index in [1.54, 1.807) is 24.6 Å². The molecule has 1 saturated carbocycles. The summed E-state index contributed by atoms with van der Waals surface area (Å²) in [7, 11) is 0. The Bertz CT molecular complexity index is 919. The number of hydrogen-bond acceptors (Lipinski definition) is 8. The second-order valence-corrected chi connectivity index (χ2v) is 7.73. The first-order chi connectivity index (χ1) is 15.5. The number of phenolic OH excluding ortho intramolecular Hbond substituents is 2. The number of hydrogen-bond donors (Lipinski definition) is 2. The van der Waals surface area contributed by atoms with Crippen LogP contribution in [0.15, 0.2) is 46.4 Å². The standard InChI is InChI=1S/C21H24N2O2.2C2H4O2.Co/c1-14-6-8-20(24)16(10-14)12-22-18-4-3-5-19(18)23-13-17-11-15(2)7-9-21(17)25;2*1-2(3)4;/h6-13,18-19,24-25H,3-5H2,1-2H3;2*1H3,(H,3,4);/q;;;+2/p-2. The average molecular weight is 513 g/mol. The first kappa shape index (κ1) is 30.8. The summed E-state index contributed by atoms with van der Waals surface area (Å²) in [6.45, 7) is 5.93. The molecular weight excluding hydrogens is 483 g/mol. The van der Waals surface area contributed by atoms with Gasteiger partial charge in [0.25, 0.3) is 0 Å². The van der Waals surface area contributed by atoms with E-state index < -0.39 is 11.9 Å². The second-order valence-electron chi connectivity index (χ2n) is 7.73. The quantitative estimate of drug-likeness (QED) is 0.595. The molecule has 2 aromatic carbocycles. The Labute approximate surface area is 210 Å². The number of aliphatic imine (C=N–C) groups is 2. The van der Waals surface area contributed by atoms with Crippen LogP contribution in [0.25, 0.3) is 0 Å². The molecule has 0 amide bonds. The first-order valence-corrected chi connectivity index (χ1v) is 10.5. The third kappa shape index (κ3) is 12.2. The van der Waals surface area contributed by atoms with Gasteiger partial charge in [-0.05, 0) is 71.2 Å². The molecule has 0 heterocycles. The normalized spacial score (nSPS) is 16.7. The Morgan fingerprint density at radius 3 is 1.47 bits per heavy atom. The largest absolute Gasteiger partial charge is 2.00 e.